The highest BCUT2D eigenvalue weighted by Crippen LogP contribution is 2.05. The van der Waals surface area contributed by atoms with Crippen LogP contribution in [0, 0.1) is 5.92 Å². The molecule has 1 aromatic rings. The summed E-state index contributed by atoms with van der Waals surface area (Å²) in [5.74, 6) is 0.194. The number of hydrogen-bond donors (Lipinski definition) is 0. The molecule has 0 radical (unpaired) electrons. The van der Waals surface area contributed by atoms with Gasteiger partial charge in [0.05, 0.1) is 5.56 Å². The van der Waals surface area contributed by atoms with Gasteiger partial charge in [0.1, 0.15) is 6.10 Å². The van der Waals surface area contributed by atoms with Crippen LogP contribution < -0.4 is 0 Å². The first kappa shape index (κ1) is 12.5. The largest absolute Gasteiger partial charge is 0.455 e. The number of esters is 1. The molecule has 0 aliphatic rings. The van der Waals surface area contributed by atoms with Crippen LogP contribution in [0.3, 0.4) is 0 Å². The van der Waals surface area contributed by atoms with Crippen molar-refractivity contribution in [3.05, 3.63) is 48.0 Å². The molecule has 0 unspecified atom stereocenters. The van der Waals surface area contributed by atoms with Crippen LogP contribution in [0.4, 0.5) is 0 Å². The summed E-state index contributed by atoms with van der Waals surface area (Å²) in [6, 6.07) is 9.03. The highest BCUT2D eigenvalue weighted by atomic mass is 16.5. The van der Waals surface area contributed by atoms with Crippen molar-refractivity contribution in [2.75, 3.05) is 0 Å². The van der Waals surface area contributed by atoms with E-state index in [1.54, 1.807) is 12.1 Å². The van der Waals surface area contributed by atoms with Gasteiger partial charge in [0.25, 0.3) is 0 Å². The molecule has 0 aliphatic heterocycles. The highest BCUT2D eigenvalue weighted by molar-refractivity contribution is 5.89. The van der Waals surface area contributed by atoms with Crippen LogP contribution in [-0.4, -0.2) is 12.1 Å². The predicted molar refractivity (Wildman–Crippen MR) is 65.3 cm³/mol. The summed E-state index contributed by atoms with van der Waals surface area (Å²) in [4.78, 5) is 11.6. The first-order valence-electron chi connectivity index (χ1n) is 5.54. The number of carbonyl (C=O) groups excluding carboxylic acids is 1. The van der Waals surface area contributed by atoms with E-state index in [0.29, 0.717) is 11.5 Å². The lowest BCUT2D eigenvalue weighted by Gasteiger charge is -2.09. The smallest absolute Gasteiger partial charge is 0.338 e. The Hall–Kier alpha value is -1.57. The second kappa shape index (κ2) is 6.11. The van der Waals surface area contributed by atoms with E-state index in [2.05, 4.69) is 13.8 Å². The van der Waals surface area contributed by atoms with Crippen molar-refractivity contribution in [3.63, 3.8) is 0 Å². The number of carbonyl (C=O) groups is 1. The van der Waals surface area contributed by atoms with E-state index in [4.69, 9.17) is 4.74 Å². The summed E-state index contributed by atoms with van der Waals surface area (Å²) in [5.41, 5.74) is 0.590. The molecule has 0 heterocycles. The number of hydrogen-bond acceptors (Lipinski definition) is 2. The Morgan fingerprint density at radius 3 is 2.31 bits per heavy atom. The van der Waals surface area contributed by atoms with Crippen LogP contribution in [0.25, 0.3) is 0 Å². The van der Waals surface area contributed by atoms with E-state index in [1.807, 2.05) is 37.3 Å². The fourth-order valence-electron chi connectivity index (χ4n) is 1.23. The predicted octanol–water partition coefficient (Wildman–Crippen LogP) is 3.44. The Morgan fingerprint density at radius 2 is 1.75 bits per heavy atom. The molecule has 0 aromatic heterocycles. The second-order valence-corrected chi connectivity index (χ2v) is 4.11. The van der Waals surface area contributed by atoms with Gasteiger partial charge in [-0.1, -0.05) is 38.1 Å². The Labute approximate surface area is 96.9 Å². The van der Waals surface area contributed by atoms with Gasteiger partial charge >= 0.3 is 5.97 Å². The molecule has 0 saturated heterocycles. The second-order valence-electron chi connectivity index (χ2n) is 4.11. The Balaban J connectivity index is 2.52. The monoisotopic (exact) mass is 218 g/mol. The van der Waals surface area contributed by atoms with E-state index in [-0.39, 0.29) is 12.1 Å². The van der Waals surface area contributed by atoms with Gasteiger partial charge in [0.15, 0.2) is 0 Å². The summed E-state index contributed by atoms with van der Waals surface area (Å²) >= 11 is 0. The first-order valence-corrected chi connectivity index (χ1v) is 5.54. The third-order valence-corrected chi connectivity index (χ3v) is 2.07. The van der Waals surface area contributed by atoms with Crippen molar-refractivity contribution < 1.29 is 9.53 Å². The minimum Gasteiger partial charge on any atom is -0.455 e. The number of benzene rings is 1. The lowest BCUT2D eigenvalue weighted by Crippen LogP contribution is -2.12. The zero-order valence-electron chi connectivity index (χ0n) is 10.0. The van der Waals surface area contributed by atoms with Gasteiger partial charge in [-0.2, -0.15) is 0 Å². The molecule has 0 spiro atoms. The molecule has 1 atom stereocenters. The van der Waals surface area contributed by atoms with E-state index in [9.17, 15) is 4.79 Å². The van der Waals surface area contributed by atoms with Crippen LogP contribution in [0.15, 0.2) is 42.5 Å². The quantitative estimate of drug-likeness (QED) is 0.571. The van der Waals surface area contributed by atoms with Crippen LogP contribution in [0.1, 0.15) is 31.1 Å². The van der Waals surface area contributed by atoms with Crippen molar-refractivity contribution >= 4 is 5.97 Å². The van der Waals surface area contributed by atoms with Gasteiger partial charge in [-0.15, -0.1) is 0 Å². The molecule has 1 aromatic carbocycles. The van der Waals surface area contributed by atoms with Crippen LogP contribution in [0.5, 0.6) is 0 Å². The SMILES string of the molecule is CC(C)/C=C/[C@H](C)OC(=O)c1ccccc1. The highest BCUT2D eigenvalue weighted by Gasteiger charge is 2.08. The average Bonchev–Trinajstić information content (AvgIpc) is 2.27. The maximum Gasteiger partial charge on any atom is 0.338 e. The number of ether oxygens (including phenoxy) is 1. The van der Waals surface area contributed by atoms with Crippen LogP contribution >= 0.6 is 0 Å². The minimum atomic E-state index is -0.276. The number of allylic oxidation sites excluding steroid dienone is 1. The molecular weight excluding hydrogens is 200 g/mol. The Bertz CT molecular complexity index is 352. The molecule has 0 saturated carbocycles. The van der Waals surface area contributed by atoms with Crippen molar-refractivity contribution in [2.45, 2.75) is 26.9 Å². The summed E-state index contributed by atoms with van der Waals surface area (Å²) in [6.45, 7) is 6.03. The van der Waals surface area contributed by atoms with E-state index in [1.165, 1.54) is 0 Å². The van der Waals surface area contributed by atoms with Crippen LogP contribution in [-0.2, 0) is 4.74 Å². The maximum atomic E-state index is 11.6. The zero-order chi connectivity index (χ0) is 12.0. The van der Waals surface area contributed by atoms with E-state index >= 15 is 0 Å². The molecule has 1 rings (SSSR count). The number of rotatable bonds is 4. The Morgan fingerprint density at radius 1 is 1.12 bits per heavy atom. The summed E-state index contributed by atoms with van der Waals surface area (Å²) in [7, 11) is 0. The van der Waals surface area contributed by atoms with Gasteiger partial charge in [0, 0.05) is 0 Å². The molecule has 0 aliphatic carbocycles. The van der Waals surface area contributed by atoms with E-state index < -0.39 is 0 Å². The normalized spacial score (nSPS) is 13.0. The third kappa shape index (κ3) is 4.30. The zero-order valence-corrected chi connectivity index (χ0v) is 10.0. The van der Waals surface area contributed by atoms with Gasteiger partial charge in [-0.3, -0.25) is 0 Å². The molecular formula is C14H18O2. The minimum absolute atomic E-state index is 0.185. The molecule has 2 nitrogen and oxygen atoms in total. The van der Waals surface area contributed by atoms with Crippen molar-refractivity contribution in [1.29, 1.82) is 0 Å². The fraction of sp³-hybridized carbons (Fsp3) is 0.357. The van der Waals surface area contributed by atoms with E-state index in [0.717, 1.165) is 0 Å². The van der Waals surface area contributed by atoms with Gasteiger partial charge in [-0.05, 0) is 31.1 Å². The lowest BCUT2D eigenvalue weighted by atomic mass is 10.2. The lowest BCUT2D eigenvalue weighted by molar-refractivity contribution is 0.0424. The molecule has 0 fully saturated rings. The molecule has 16 heavy (non-hydrogen) atoms. The fourth-order valence-corrected chi connectivity index (χ4v) is 1.23. The molecule has 0 N–H and O–H groups in total. The molecule has 0 bridgehead atoms. The summed E-state index contributed by atoms with van der Waals surface area (Å²) in [6.07, 6.45) is 3.75. The van der Waals surface area contributed by atoms with Gasteiger partial charge in [0.2, 0.25) is 0 Å². The average molecular weight is 218 g/mol. The van der Waals surface area contributed by atoms with Crippen molar-refractivity contribution in [1.82, 2.24) is 0 Å². The standard InChI is InChI=1S/C14H18O2/c1-11(2)9-10-12(3)16-14(15)13-7-5-4-6-8-13/h4-12H,1-3H3/b10-9+/t12-/m0/s1. The molecule has 86 valence electrons. The van der Waals surface area contributed by atoms with Crippen LogP contribution in [0.2, 0.25) is 0 Å². The summed E-state index contributed by atoms with van der Waals surface area (Å²) < 4.78 is 5.26. The Kier molecular flexibility index (Phi) is 4.77. The van der Waals surface area contributed by atoms with Gasteiger partial charge in [-0.25, -0.2) is 4.79 Å². The topological polar surface area (TPSA) is 26.3 Å². The molecule has 2 heteroatoms. The first-order chi connectivity index (χ1) is 7.59. The summed E-state index contributed by atoms with van der Waals surface area (Å²) in [5, 5.41) is 0. The maximum absolute atomic E-state index is 11.6. The van der Waals surface area contributed by atoms with Gasteiger partial charge < -0.3 is 4.74 Å². The third-order valence-electron chi connectivity index (χ3n) is 2.07. The molecule has 0 amide bonds. The van der Waals surface area contributed by atoms with Crippen molar-refractivity contribution in [3.8, 4) is 0 Å². The van der Waals surface area contributed by atoms with Crippen molar-refractivity contribution in [2.24, 2.45) is 5.92 Å².